The molecule has 0 radical (unpaired) electrons. The van der Waals surface area contributed by atoms with Gasteiger partial charge in [0.2, 0.25) is 0 Å². The van der Waals surface area contributed by atoms with Gasteiger partial charge in [-0.3, -0.25) is 4.57 Å². The van der Waals surface area contributed by atoms with Crippen molar-refractivity contribution in [3.63, 3.8) is 0 Å². The fourth-order valence-electron chi connectivity index (χ4n) is 3.21. The molecule has 136 valence electrons. The first kappa shape index (κ1) is 16.8. The number of fused-ring (bicyclic) bond motifs is 1. The molecule has 0 unspecified atom stereocenters. The monoisotopic (exact) mass is 395 g/mol. The summed E-state index contributed by atoms with van der Waals surface area (Å²) in [5.74, 6) is 1.60. The fraction of sp³-hybridized carbons (Fsp3) is 0.250. The highest BCUT2D eigenvalue weighted by atomic mass is 32.2. The highest BCUT2D eigenvalue weighted by molar-refractivity contribution is 7.98. The summed E-state index contributed by atoms with van der Waals surface area (Å²) in [6.45, 7) is 1.99. The molecule has 1 saturated carbocycles. The van der Waals surface area contributed by atoms with Crippen molar-refractivity contribution in [2.75, 3.05) is 0 Å². The standard InChI is InChI=1S/C20H17N3O2S2/c1-12-4-7-15-13(10-18(24)25-16(15)9-12)11-27-20-22-21-19(17-3-2-8-26-17)23(20)14-5-6-14/h2-4,7-10,14H,5-6,11H2,1H3. The molecule has 5 rings (SSSR count). The summed E-state index contributed by atoms with van der Waals surface area (Å²) in [4.78, 5) is 13.1. The minimum absolute atomic E-state index is 0.313. The van der Waals surface area contributed by atoms with E-state index in [0.717, 1.165) is 32.4 Å². The number of nitrogens with zero attached hydrogens (tertiary/aromatic N) is 3. The van der Waals surface area contributed by atoms with Crippen LogP contribution in [0.25, 0.3) is 21.7 Å². The van der Waals surface area contributed by atoms with Gasteiger partial charge in [-0.2, -0.15) is 0 Å². The number of aromatic nitrogens is 3. The number of thiophene rings is 1. The largest absolute Gasteiger partial charge is 0.423 e. The Bertz CT molecular complexity index is 1170. The Kier molecular flexibility index (Phi) is 4.13. The molecule has 3 heterocycles. The van der Waals surface area contributed by atoms with Crippen molar-refractivity contribution in [2.45, 2.75) is 36.7 Å². The van der Waals surface area contributed by atoms with Crippen LogP contribution in [0, 0.1) is 6.92 Å². The summed E-state index contributed by atoms with van der Waals surface area (Å²) in [6.07, 6.45) is 2.34. The summed E-state index contributed by atoms with van der Waals surface area (Å²) >= 11 is 3.31. The summed E-state index contributed by atoms with van der Waals surface area (Å²) in [7, 11) is 0. The van der Waals surface area contributed by atoms with E-state index in [1.165, 1.54) is 12.8 Å². The molecule has 4 aromatic rings. The van der Waals surface area contributed by atoms with Crippen molar-refractivity contribution in [1.29, 1.82) is 0 Å². The van der Waals surface area contributed by atoms with E-state index in [2.05, 4.69) is 26.2 Å². The Labute approximate surface area is 164 Å². The summed E-state index contributed by atoms with van der Waals surface area (Å²) in [5, 5.41) is 12.8. The van der Waals surface area contributed by atoms with Gasteiger partial charge < -0.3 is 4.42 Å². The second-order valence-corrected chi connectivity index (χ2v) is 8.65. The number of hydrogen-bond donors (Lipinski definition) is 0. The van der Waals surface area contributed by atoms with Gasteiger partial charge in [-0.1, -0.05) is 30.0 Å². The van der Waals surface area contributed by atoms with Crippen molar-refractivity contribution in [2.24, 2.45) is 0 Å². The maximum Gasteiger partial charge on any atom is 0.336 e. The summed E-state index contributed by atoms with van der Waals surface area (Å²) in [5.41, 5.74) is 2.37. The van der Waals surface area contributed by atoms with E-state index in [1.807, 2.05) is 31.2 Å². The van der Waals surface area contributed by atoms with E-state index in [-0.39, 0.29) is 5.63 Å². The Morgan fingerprint density at radius 3 is 2.93 bits per heavy atom. The lowest BCUT2D eigenvalue weighted by molar-refractivity contribution is 0.559. The van der Waals surface area contributed by atoms with Gasteiger partial charge >= 0.3 is 5.63 Å². The average molecular weight is 396 g/mol. The molecule has 27 heavy (non-hydrogen) atoms. The van der Waals surface area contributed by atoms with E-state index in [9.17, 15) is 4.79 Å². The second-order valence-electron chi connectivity index (χ2n) is 6.76. The topological polar surface area (TPSA) is 60.9 Å². The predicted octanol–water partition coefficient (Wildman–Crippen LogP) is 5.05. The lowest BCUT2D eigenvalue weighted by atomic mass is 10.1. The SMILES string of the molecule is Cc1ccc2c(CSc3nnc(-c4cccs4)n3C3CC3)cc(=O)oc2c1. The van der Waals surface area contributed by atoms with E-state index in [1.54, 1.807) is 29.2 Å². The zero-order valence-electron chi connectivity index (χ0n) is 14.7. The molecule has 0 spiro atoms. The van der Waals surface area contributed by atoms with Crippen LogP contribution in [0.3, 0.4) is 0 Å². The molecule has 0 N–H and O–H groups in total. The molecule has 1 aromatic carbocycles. The predicted molar refractivity (Wildman–Crippen MR) is 108 cm³/mol. The molecule has 5 nitrogen and oxygen atoms in total. The Hall–Kier alpha value is -2.38. The third kappa shape index (κ3) is 3.21. The van der Waals surface area contributed by atoms with Crippen molar-refractivity contribution >= 4 is 34.1 Å². The zero-order chi connectivity index (χ0) is 18.4. The third-order valence-electron chi connectivity index (χ3n) is 4.66. The van der Waals surface area contributed by atoms with Gasteiger partial charge in [0, 0.05) is 23.2 Å². The van der Waals surface area contributed by atoms with Crippen LogP contribution in [0.15, 0.2) is 56.1 Å². The number of hydrogen-bond acceptors (Lipinski definition) is 6. The van der Waals surface area contributed by atoms with Crippen LogP contribution in [-0.4, -0.2) is 14.8 Å². The summed E-state index contributed by atoms with van der Waals surface area (Å²) in [6, 6.07) is 12.2. The minimum Gasteiger partial charge on any atom is -0.423 e. The van der Waals surface area contributed by atoms with E-state index in [0.29, 0.717) is 17.4 Å². The van der Waals surface area contributed by atoms with E-state index >= 15 is 0 Å². The lowest BCUT2D eigenvalue weighted by Gasteiger charge is -2.09. The first-order valence-electron chi connectivity index (χ1n) is 8.84. The Balaban J connectivity index is 1.49. The van der Waals surface area contributed by atoms with Crippen LogP contribution >= 0.6 is 23.1 Å². The van der Waals surface area contributed by atoms with Gasteiger partial charge in [0.15, 0.2) is 11.0 Å². The zero-order valence-corrected chi connectivity index (χ0v) is 16.3. The first-order valence-corrected chi connectivity index (χ1v) is 10.7. The molecular weight excluding hydrogens is 378 g/mol. The van der Waals surface area contributed by atoms with Crippen LogP contribution in [-0.2, 0) is 5.75 Å². The Morgan fingerprint density at radius 1 is 1.26 bits per heavy atom. The van der Waals surface area contributed by atoms with E-state index in [4.69, 9.17) is 4.42 Å². The normalized spacial score (nSPS) is 14.1. The minimum atomic E-state index is -0.313. The van der Waals surface area contributed by atoms with Gasteiger partial charge in [0.05, 0.1) is 4.88 Å². The highest BCUT2D eigenvalue weighted by Gasteiger charge is 2.30. The van der Waals surface area contributed by atoms with Crippen LogP contribution in [0.5, 0.6) is 0 Å². The van der Waals surface area contributed by atoms with Crippen LogP contribution in [0.4, 0.5) is 0 Å². The smallest absolute Gasteiger partial charge is 0.336 e. The molecule has 0 amide bonds. The average Bonchev–Trinajstić information content (AvgIpc) is 3.17. The summed E-state index contributed by atoms with van der Waals surface area (Å²) < 4.78 is 7.62. The van der Waals surface area contributed by atoms with Gasteiger partial charge in [0.25, 0.3) is 0 Å². The van der Waals surface area contributed by atoms with Crippen LogP contribution < -0.4 is 5.63 Å². The molecule has 1 aliphatic rings. The van der Waals surface area contributed by atoms with Crippen LogP contribution in [0.2, 0.25) is 0 Å². The maximum absolute atomic E-state index is 12.0. The van der Waals surface area contributed by atoms with Gasteiger partial charge in [-0.05, 0) is 48.4 Å². The number of thioether (sulfide) groups is 1. The molecule has 1 fully saturated rings. The molecule has 3 aromatic heterocycles. The molecule has 0 atom stereocenters. The maximum atomic E-state index is 12.0. The van der Waals surface area contributed by atoms with Crippen LogP contribution in [0.1, 0.15) is 30.0 Å². The van der Waals surface area contributed by atoms with Gasteiger partial charge in [-0.25, -0.2) is 4.79 Å². The molecule has 0 saturated heterocycles. The van der Waals surface area contributed by atoms with E-state index < -0.39 is 0 Å². The molecule has 0 bridgehead atoms. The Morgan fingerprint density at radius 2 is 2.15 bits per heavy atom. The van der Waals surface area contributed by atoms with Crippen molar-refractivity contribution in [3.05, 3.63) is 63.3 Å². The molecular formula is C20H17N3O2S2. The quantitative estimate of drug-likeness (QED) is 0.350. The lowest BCUT2D eigenvalue weighted by Crippen LogP contribution is -2.02. The number of aryl methyl sites for hydroxylation is 1. The number of rotatable bonds is 5. The van der Waals surface area contributed by atoms with Gasteiger partial charge in [-0.15, -0.1) is 21.5 Å². The number of benzene rings is 1. The van der Waals surface area contributed by atoms with Crippen molar-refractivity contribution in [1.82, 2.24) is 14.8 Å². The first-order chi connectivity index (χ1) is 13.2. The van der Waals surface area contributed by atoms with Crippen molar-refractivity contribution < 1.29 is 4.42 Å². The highest BCUT2D eigenvalue weighted by Crippen LogP contribution is 2.42. The third-order valence-corrected chi connectivity index (χ3v) is 6.52. The molecule has 0 aliphatic heterocycles. The van der Waals surface area contributed by atoms with Gasteiger partial charge in [0.1, 0.15) is 5.58 Å². The second kappa shape index (κ2) is 6.65. The van der Waals surface area contributed by atoms with Crippen molar-refractivity contribution in [3.8, 4) is 10.7 Å². The fourth-order valence-corrected chi connectivity index (χ4v) is 4.91. The molecule has 7 heteroatoms. The molecule has 1 aliphatic carbocycles.